The van der Waals surface area contributed by atoms with Crippen molar-refractivity contribution in [3.05, 3.63) is 57.5 Å². The smallest absolute Gasteiger partial charge is 0.305 e. The molecule has 1 aromatic heterocycles. The first kappa shape index (κ1) is 14.4. The minimum Gasteiger partial charge on any atom is -0.438 e. The zero-order valence-electron chi connectivity index (χ0n) is 11.0. The molecule has 0 bridgehead atoms. The number of pyridine rings is 1. The van der Waals surface area contributed by atoms with E-state index in [2.05, 4.69) is 4.98 Å². The number of aryl methyl sites for hydroxylation is 1. The van der Waals surface area contributed by atoms with Crippen LogP contribution in [0.4, 0.5) is 10.1 Å². The zero-order chi connectivity index (χ0) is 15.6. The molecule has 2 rings (SSSR count). The van der Waals surface area contributed by atoms with Crippen molar-refractivity contribution in [3.8, 4) is 11.6 Å². The molecule has 2 aromatic rings. The van der Waals surface area contributed by atoms with Gasteiger partial charge in [-0.25, -0.2) is 4.98 Å². The number of nitro groups is 1. The van der Waals surface area contributed by atoms with Gasteiger partial charge in [-0.15, -0.1) is 0 Å². The second-order valence-electron chi connectivity index (χ2n) is 4.19. The number of nitro benzene ring substituents is 1. The highest BCUT2D eigenvalue weighted by molar-refractivity contribution is 5.97. The zero-order valence-corrected chi connectivity index (χ0v) is 11.0. The molecule has 0 aliphatic rings. The molecule has 0 aliphatic carbocycles. The number of nitrogen functional groups attached to an aromatic ring is 1. The number of nitrogens with one attached hydrogen (secondary N) is 1. The second-order valence-corrected chi connectivity index (χ2v) is 4.19. The van der Waals surface area contributed by atoms with E-state index in [1.807, 2.05) is 0 Å². The Kier molecular flexibility index (Phi) is 3.79. The van der Waals surface area contributed by atoms with E-state index in [1.165, 1.54) is 6.07 Å². The van der Waals surface area contributed by atoms with Crippen molar-refractivity contribution in [2.45, 2.75) is 6.92 Å². The van der Waals surface area contributed by atoms with Gasteiger partial charge in [0.2, 0.25) is 11.7 Å². The van der Waals surface area contributed by atoms with Crippen molar-refractivity contribution < 1.29 is 14.1 Å². The predicted molar refractivity (Wildman–Crippen MR) is 73.1 cm³/mol. The van der Waals surface area contributed by atoms with Crippen LogP contribution >= 0.6 is 0 Å². The van der Waals surface area contributed by atoms with Crippen LogP contribution in [0, 0.1) is 28.3 Å². The Balaban J connectivity index is 2.38. The van der Waals surface area contributed by atoms with E-state index in [9.17, 15) is 14.5 Å². The molecule has 0 saturated carbocycles. The average molecular weight is 290 g/mol. The van der Waals surface area contributed by atoms with Crippen molar-refractivity contribution in [1.29, 1.82) is 5.41 Å². The number of hydrogen-bond donors (Lipinski definition) is 2. The van der Waals surface area contributed by atoms with Gasteiger partial charge in [0.1, 0.15) is 11.6 Å². The highest BCUT2D eigenvalue weighted by Crippen LogP contribution is 2.27. The molecule has 0 unspecified atom stereocenters. The molecule has 1 heterocycles. The van der Waals surface area contributed by atoms with Crippen molar-refractivity contribution in [2.75, 3.05) is 0 Å². The second kappa shape index (κ2) is 5.53. The van der Waals surface area contributed by atoms with Gasteiger partial charge < -0.3 is 10.5 Å². The monoisotopic (exact) mass is 290 g/mol. The van der Waals surface area contributed by atoms with E-state index < -0.39 is 16.4 Å². The van der Waals surface area contributed by atoms with Crippen LogP contribution in [0.3, 0.4) is 0 Å². The molecular weight excluding hydrogens is 279 g/mol. The fourth-order valence-corrected chi connectivity index (χ4v) is 1.63. The van der Waals surface area contributed by atoms with Crippen LogP contribution in [-0.4, -0.2) is 15.7 Å². The Morgan fingerprint density at radius 3 is 2.71 bits per heavy atom. The first-order valence-corrected chi connectivity index (χ1v) is 5.82. The van der Waals surface area contributed by atoms with Gasteiger partial charge in [-0.1, -0.05) is 0 Å². The van der Waals surface area contributed by atoms with Crippen LogP contribution < -0.4 is 10.5 Å². The number of nitrogens with zero attached hydrogens (tertiary/aromatic N) is 2. The lowest BCUT2D eigenvalue weighted by Gasteiger charge is -2.10. The summed E-state index contributed by atoms with van der Waals surface area (Å²) >= 11 is 0. The lowest BCUT2D eigenvalue weighted by atomic mass is 10.2. The Bertz CT molecular complexity index is 733. The molecule has 3 N–H and O–H groups in total. The molecule has 0 atom stereocenters. The number of hydrogen-bond acceptors (Lipinski definition) is 5. The molecule has 8 heteroatoms. The summed E-state index contributed by atoms with van der Waals surface area (Å²) in [5, 5.41) is 18.0. The number of benzene rings is 1. The van der Waals surface area contributed by atoms with Crippen molar-refractivity contribution in [3.63, 3.8) is 0 Å². The maximum atomic E-state index is 13.5. The van der Waals surface area contributed by atoms with E-state index in [4.69, 9.17) is 15.9 Å². The van der Waals surface area contributed by atoms with E-state index in [0.717, 1.165) is 12.1 Å². The quantitative estimate of drug-likeness (QED) is 0.388. The lowest BCUT2D eigenvalue weighted by molar-refractivity contribution is -0.387. The van der Waals surface area contributed by atoms with Gasteiger partial charge in [0.05, 0.1) is 10.5 Å². The van der Waals surface area contributed by atoms with Crippen LogP contribution in [0.25, 0.3) is 0 Å². The molecule has 1 aromatic carbocycles. The van der Waals surface area contributed by atoms with Gasteiger partial charge in [0.25, 0.3) is 0 Å². The molecule has 0 aliphatic heterocycles. The molecule has 0 saturated heterocycles. The SMILES string of the molecule is Cc1ccc(C(=N)N)c(Oc2ccc([N+](=O)[O-])c(F)c2)n1. The average Bonchev–Trinajstić information content (AvgIpc) is 2.37. The summed E-state index contributed by atoms with van der Waals surface area (Å²) in [6.07, 6.45) is 0. The molecule has 0 spiro atoms. The van der Waals surface area contributed by atoms with Gasteiger partial charge in [-0.2, -0.15) is 4.39 Å². The van der Waals surface area contributed by atoms with E-state index >= 15 is 0 Å². The standard InChI is InChI=1S/C13H11FN4O3/c1-7-2-4-9(12(15)16)13(17-7)21-8-3-5-11(18(19)20)10(14)6-8/h2-6H,1H3,(H3,15,16). The summed E-state index contributed by atoms with van der Waals surface area (Å²) in [5.74, 6) is -1.20. The van der Waals surface area contributed by atoms with Gasteiger partial charge in [-0.05, 0) is 25.1 Å². The molecule has 21 heavy (non-hydrogen) atoms. The van der Waals surface area contributed by atoms with Crippen LogP contribution in [0.15, 0.2) is 30.3 Å². The Morgan fingerprint density at radius 2 is 2.14 bits per heavy atom. The van der Waals surface area contributed by atoms with E-state index in [-0.39, 0.29) is 23.0 Å². The minimum absolute atomic E-state index is 0.0266. The summed E-state index contributed by atoms with van der Waals surface area (Å²) in [6.45, 7) is 1.72. The molecule has 0 amide bonds. The fraction of sp³-hybridized carbons (Fsp3) is 0.0769. The summed E-state index contributed by atoms with van der Waals surface area (Å²) in [4.78, 5) is 13.8. The molecular formula is C13H11FN4O3. The van der Waals surface area contributed by atoms with Crippen LogP contribution in [0.5, 0.6) is 11.6 Å². The number of nitrogens with two attached hydrogens (primary N) is 1. The molecule has 7 nitrogen and oxygen atoms in total. The third-order valence-electron chi connectivity index (χ3n) is 2.62. The van der Waals surface area contributed by atoms with E-state index in [0.29, 0.717) is 5.69 Å². The maximum Gasteiger partial charge on any atom is 0.305 e. The predicted octanol–water partition coefficient (Wildman–Crippen LogP) is 2.51. The first-order chi connectivity index (χ1) is 9.88. The van der Waals surface area contributed by atoms with Crippen LogP contribution in [0.1, 0.15) is 11.3 Å². The Morgan fingerprint density at radius 1 is 1.43 bits per heavy atom. The van der Waals surface area contributed by atoms with E-state index in [1.54, 1.807) is 19.1 Å². The number of halogens is 1. The highest BCUT2D eigenvalue weighted by Gasteiger charge is 2.16. The summed E-state index contributed by atoms with van der Waals surface area (Å²) in [6, 6.07) is 6.33. The number of aromatic nitrogens is 1. The molecule has 108 valence electrons. The summed E-state index contributed by atoms with van der Waals surface area (Å²) in [7, 11) is 0. The highest BCUT2D eigenvalue weighted by atomic mass is 19.1. The minimum atomic E-state index is -1.02. The van der Waals surface area contributed by atoms with Gasteiger partial charge in [0, 0.05) is 17.8 Å². The largest absolute Gasteiger partial charge is 0.438 e. The number of ether oxygens (including phenoxy) is 1. The molecule has 0 radical (unpaired) electrons. The Labute approximate surface area is 118 Å². The number of rotatable bonds is 4. The third-order valence-corrected chi connectivity index (χ3v) is 2.62. The fourth-order valence-electron chi connectivity index (χ4n) is 1.63. The maximum absolute atomic E-state index is 13.5. The van der Waals surface area contributed by atoms with Crippen LogP contribution in [-0.2, 0) is 0 Å². The normalized spacial score (nSPS) is 10.2. The van der Waals surface area contributed by atoms with Crippen LogP contribution in [0.2, 0.25) is 0 Å². The van der Waals surface area contributed by atoms with Gasteiger partial charge in [-0.3, -0.25) is 15.5 Å². The van der Waals surface area contributed by atoms with Crippen molar-refractivity contribution in [2.24, 2.45) is 5.73 Å². The first-order valence-electron chi connectivity index (χ1n) is 5.82. The summed E-state index contributed by atoms with van der Waals surface area (Å²) in [5.41, 5.74) is 5.64. The molecule has 0 fully saturated rings. The Hall–Kier alpha value is -3.03. The van der Waals surface area contributed by atoms with Crippen molar-refractivity contribution >= 4 is 11.5 Å². The number of amidine groups is 1. The van der Waals surface area contributed by atoms with Crippen molar-refractivity contribution in [1.82, 2.24) is 4.98 Å². The lowest BCUT2D eigenvalue weighted by Crippen LogP contribution is -2.13. The van der Waals surface area contributed by atoms with Gasteiger partial charge >= 0.3 is 5.69 Å². The topological polar surface area (TPSA) is 115 Å². The van der Waals surface area contributed by atoms with Gasteiger partial charge in [0.15, 0.2) is 0 Å². The summed E-state index contributed by atoms with van der Waals surface area (Å²) < 4.78 is 18.9. The third kappa shape index (κ3) is 3.11.